The second-order valence-corrected chi connectivity index (χ2v) is 14.9. The molecule has 8 nitrogen and oxygen atoms in total. The molecule has 6 rings (SSSR count). The number of ether oxygens (including phenoxy) is 1. The molecule has 1 aliphatic carbocycles. The molecule has 0 aliphatic heterocycles. The molecule has 0 radical (unpaired) electrons. The van der Waals surface area contributed by atoms with Crippen LogP contribution in [-0.2, 0) is 32.6 Å². The summed E-state index contributed by atoms with van der Waals surface area (Å²) in [6, 6.07) is 36.3. The Labute approximate surface area is 304 Å². The number of halogens is 1. The van der Waals surface area contributed by atoms with Crippen molar-refractivity contribution in [2.24, 2.45) is 0 Å². The van der Waals surface area contributed by atoms with E-state index in [0.717, 1.165) is 41.1 Å². The average Bonchev–Trinajstić information content (AvgIpc) is 3.67. The molecule has 0 saturated heterocycles. The quantitative estimate of drug-likeness (QED) is 0.126. The van der Waals surface area contributed by atoms with Gasteiger partial charge in [0.15, 0.2) is 0 Å². The van der Waals surface area contributed by atoms with E-state index in [9.17, 15) is 22.4 Å². The normalized spacial score (nSPS) is 13.7. The first-order valence-electron chi connectivity index (χ1n) is 17.5. The van der Waals surface area contributed by atoms with E-state index in [0.29, 0.717) is 17.1 Å². The number of sulfonamides is 1. The fraction of sp³-hybridized carbons (Fsp3) is 0.238. The summed E-state index contributed by atoms with van der Waals surface area (Å²) in [6.45, 7) is 1.22. The van der Waals surface area contributed by atoms with Crippen molar-refractivity contribution >= 4 is 27.5 Å². The van der Waals surface area contributed by atoms with Gasteiger partial charge < -0.3 is 15.0 Å². The molecule has 5 aromatic rings. The number of nitrogens with zero attached hydrogens (tertiary/aromatic N) is 2. The molecular formula is C42H42FN3O5S. The summed E-state index contributed by atoms with van der Waals surface area (Å²) in [7, 11) is -4.28. The van der Waals surface area contributed by atoms with Gasteiger partial charge in [-0.25, -0.2) is 12.8 Å². The predicted molar refractivity (Wildman–Crippen MR) is 200 cm³/mol. The summed E-state index contributed by atoms with van der Waals surface area (Å²) < 4.78 is 49.8. The lowest BCUT2D eigenvalue weighted by atomic mass is 10.0. The van der Waals surface area contributed by atoms with E-state index in [4.69, 9.17) is 4.74 Å². The molecule has 0 aromatic heterocycles. The van der Waals surface area contributed by atoms with Crippen molar-refractivity contribution in [3.8, 4) is 11.5 Å². The van der Waals surface area contributed by atoms with E-state index in [2.05, 4.69) is 5.32 Å². The molecule has 5 aromatic carbocycles. The van der Waals surface area contributed by atoms with Gasteiger partial charge in [0, 0.05) is 19.0 Å². The van der Waals surface area contributed by atoms with Crippen LogP contribution in [0.4, 0.5) is 10.1 Å². The van der Waals surface area contributed by atoms with Crippen LogP contribution in [0.2, 0.25) is 0 Å². The second-order valence-electron chi connectivity index (χ2n) is 13.1. The van der Waals surface area contributed by atoms with E-state index < -0.39 is 34.3 Å². The van der Waals surface area contributed by atoms with Gasteiger partial charge in [-0.3, -0.25) is 13.9 Å². The highest BCUT2D eigenvalue weighted by Crippen LogP contribution is 2.29. The molecule has 1 unspecified atom stereocenters. The Morgan fingerprint density at radius 2 is 1.37 bits per heavy atom. The molecule has 1 N–H and O–H groups in total. The number of carbonyl (C=O) groups excluding carboxylic acids is 2. The average molecular weight is 720 g/mol. The summed E-state index contributed by atoms with van der Waals surface area (Å²) in [4.78, 5) is 30.4. The van der Waals surface area contributed by atoms with Gasteiger partial charge in [0.2, 0.25) is 11.8 Å². The molecule has 268 valence electrons. The third-order valence-corrected chi connectivity index (χ3v) is 11.0. The topological polar surface area (TPSA) is 96.0 Å². The van der Waals surface area contributed by atoms with Crippen molar-refractivity contribution in [1.82, 2.24) is 10.2 Å². The molecule has 1 atom stereocenters. The molecular weight excluding hydrogens is 678 g/mol. The zero-order chi connectivity index (χ0) is 36.5. The highest BCUT2D eigenvalue weighted by atomic mass is 32.2. The fourth-order valence-corrected chi connectivity index (χ4v) is 7.79. The van der Waals surface area contributed by atoms with Crippen molar-refractivity contribution in [2.75, 3.05) is 10.8 Å². The molecule has 52 heavy (non-hydrogen) atoms. The number of nitrogens with one attached hydrogen (secondary N) is 1. The fourth-order valence-electron chi connectivity index (χ4n) is 6.38. The van der Waals surface area contributed by atoms with Crippen LogP contribution in [0.15, 0.2) is 138 Å². The lowest BCUT2D eigenvalue weighted by molar-refractivity contribution is -0.140. The lowest BCUT2D eigenvalue weighted by Crippen LogP contribution is -2.54. The Balaban J connectivity index is 1.38. The Kier molecular flexibility index (Phi) is 11.7. The maximum absolute atomic E-state index is 14.8. The minimum absolute atomic E-state index is 0.0106. The summed E-state index contributed by atoms with van der Waals surface area (Å²) in [5.74, 6) is -0.241. The standard InChI is InChI=1S/C42H42FN3O5S/c1-31-16-26-39(27-17-31)52(49,50)46(36-22-24-38(25-23-36)51-37-14-6-3-7-15-37)30-41(47)45(29-33-18-20-34(43)21-19-33)40(28-32-10-4-2-5-11-32)42(48)44-35-12-8-9-13-35/h2-7,10-11,14-27,35,40H,8-9,12-13,28-30H2,1H3,(H,44,48). The Morgan fingerprint density at radius 3 is 2.00 bits per heavy atom. The van der Waals surface area contributed by atoms with Gasteiger partial charge in [-0.15, -0.1) is 0 Å². The number of anilines is 1. The first-order valence-corrected chi connectivity index (χ1v) is 18.9. The summed E-state index contributed by atoms with van der Waals surface area (Å²) in [6.07, 6.45) is 3.91. The molecule has 0 heterocycles. The van der Waals surface area contributed by atoms with Crippen molar-refractivity contribution in [3.63, 3.8) is 0 Å². The maximum Gasteiger partial charge on any atom is 0.264 e. The second kappa shape index (κ2) is 16.7. The number of benzene rings is 5. The monoisotopic (exact) mass is 719 g/mol. The van der Waals surface area contributed by atoms with E-state index in [1.807, 2.05) is 67.6 Å². The van der Waals surface area contributed by atoms with Gasteiger partial charge in [-0.2, -0.15) is 0 Å². The van der Waals surface area contributed by atoms with Gasteiger partial charge in [-0.05, 0) is 91.6 Å². The highest BCUT2D eigenvalue weighted by molar-refractivity contribution is 7.92. The molecule has 10 heteroatoms. The van der Waals surface area contributed by atoms with Crippen LogP contribution in [0.25, 0.3) is 0 Å². The third-order valence-electron chi connectivity index (χ3n) is 9.23. The Morgan fingerprint density at radius 1 is 0.769 bits per heavy atom. The van der Waals surface area contributed by atoms with E-state index in [1.54, 1.807) is 48.5 Å². The van der Waals surface area contributed by atoms with Crippen molar-refractivity contribution in [3.05, 3.63) is 156 Å². The largest absolute Gasteiger partial charge is 0.457 e. The van der Waals surface area contributed by atoms with Gasteiger partial charge in [-0.1, -0.05) is 91.2 Å². The summed E-state index contributed by atoms with van der Waals surface area (Å²) >= 11 is 0. The van der Waals surface area contributed by atoms with E-state index in [1.165, 1.54) is 29.2 Å². The predicted octanol–water partition coefficient (Wildman–Crippen LogP) is 7.82. The van der Waals surface area contributed by atoms with Crippen molar-refractivity contribution in [1.29, 1.82) is 0 Å². The van der Waals surface area contributed by atoms with Crippen LogP contribution in [0.1, 0.15) is 42.4 Å². The number of carbonyl (C=O) groups is 2. The zero-order valence-corrected chi connectivity index (χ0v) is 29.8. The van der Waals surface area contributed by atoms with Gasteiger partial charge >= 0.3 is 0 Å². The van der Waals surface area contributed by atoms with Crippen LogP contribution < -0.4 is 14.4 Å². The van der Waals surface area contributed by atoms with Crippen LogP contribution in [0.3, 0.4) is 0 Å². The first-order chi connectivity index (χ1) is 25.2. The van der Waals surface area contributed by atoms with Gasteiger partial charge in [0.05, 0.1) is 10.6 Å². The molecule has 1 aliphatic rings. The number of aryl methyl sites for hydroxylation is 1. The van der Waals surface area contributed by atoms with Crippen LogP contribution in [-0.4, -0.2) is 43.8 Å². The Hall–Kier alpha value is -5.48. The lowest BCUT2D eigenvalue weighted by Gasteiger charge is -2.34. The smallest absolute Gasteiger partial charge is 0.264 e. The highest BCUT2D eigenvalue weighted by Gasteiger charge is 2.35. The number of rotatable bonds is 14. The SMILES string of the molecule is Cc1ccc(S(=O)(=O)N(CC(=O)N(Cc2ccc(F)cc2)C(Cc2ccccc2)C(=O)NC2CCCC2)c2ccc(Oc3ccccc3)cc2)cc1. The van der Waals surface area contributed by atoms with Crippen LogP contribution in [0, 0.1) is 12.7 Å². The minimum Gasteiger partial charge on any atom is -0.457 e. The van der Waals surface area contributed by atoms with Gasteiger partial charge in [0.25, 0.3) is 10.0 Å². The maximum atomic E-state index is 14.8. The minimum atomic E-state index is -4.28. The zero-order valence-electron chi connectivity index (χ0n) is 29.0. The number of hydrogen-bond acceptors (Lipinski definition) is 5. The van der Waals surface area contributed by atoms with E-state index >= 15 is 0 Å². The van der Waals surface area contributed by atoms with Crippen LogP contribution >= 0.6 is 0 Å². The van der Waals surface area contributed by atoms with E-state index in [-0.39, 0.29) is 35.5 Å². The molecule has 1 saturated carbocycles. The number of hydrogen-bond donors (Lipinski definition) is 1. The number of amides is 2. The third kappa shape index (κ3) is 9.24. The molecule has 2 amide bonds. The number of para-hydroxylation sites is 1. The van der Waals surface area contributed by atoms with Gasteiger partial charge in [0.1, 0.15) is 29.9 Å². The summed E-state index contributed by atoms with van der Waals surface area (Å²) in [5, 5.41) is 3.16. The van der Waals surface area contributed by atoms with Crippen LogP contribution in [0.5, 0.6) is 11.5 Å². The molecule has 0 bridgehead atoms. The van der Waals surface area contributed by atoms with Crippen molar-refractivity contribution in [2.45, 2.75) is 62.6 Å². The van der Waals surface area contributed by atoms with Crippen molar-refractivity contribution < 1.29 is 27.1 Å². The first kappa shape index (κ1) is 36.3. The Bertz CT molecular complexity index is 2040. The molecule has 1 fully saturated rings. The molecule has 0 spiro atoms. The summed E-state index contributed by atoms with van der Waals surface area (Å²) in [5.41, 5.74) is 2.55.